The maximum atomic E-state index is 5.46. The molecular weight excluding hydrogens is 250 g/mol. The van der Waals surface area contributed by atoms with Crippen molar-refractivity contribution in [2.45, 2.75) is 31.6 Å². The van der Waals surface area contributed by atoms with Gasteiger partial charge in [0.25, 0.3) is 5.89 Å². The summed E-state index contributed by atoms with van der Waals surface area (Å²) in [5, 5.41) is 7.34. The van der Waals surface area contributed by atoms with Crippen LogP contribution in [0.5, 0.6) is 0 Å². The summed E-state index contributed by atoms with van der Waals surface area (Å²) >= 11 is 0. The fraction of sp³-hybridized carbons (Fsp3) is 0.500. The summed E-state index contributed by atoms with van der Waals surface area (Å²) in [7, 11) is 1.91. The van der Waals surface area contributed by atoms with Gasteiger partial charge in [0.05, 0.1) is 0 Å². The number of nitrogens with zero attached hydrogens (tertiary/aromatic N) is 2. The van der Waals surface area contributed by atoms with E-state index >= 15 is 0 Å². The van der Waals surface area contributed by atoms with Crippen molar-refractivity contribution in [1.29, 1.82) is 0 Å². The zero-order chi connectivity index (χ0) is 13.5. The molecule has 0 radical (unpaired) electrons. The quantitative estimate of drug-likeness (QED) is 0.923. The number of aromatic nitrogens is 2. The Hall–Kier alpha value is -1.84. The molecule has 1 N–H and O–H groups in total. The third kappa shape index (κ3) is 1.90. The molecule has 0 saturated heterocycles. The Bertz CT molecular complexity index is 604. The summed E-state index contributed by atoms with van der Waals surface area (Å²) in [4.78, 5) is 4.64. The minimum absolute atomic E-state index is 0.530. The SMILES string of the molecule is CNc1ccc(-c2nc(C3CC4CCC3C4)no2)cc1. The largest absolute Gasteiger partial charge is 0.388 e. The number of hydrogen-bond acceptors (Lipinski definition) is 4. The number of anilines is 1. The van der Waals surface area contributed by atoms with E-state index in [1.807, 2.05) is 31.3 Å². The molecule has 2 aliphatic carbocycles. The number of nitrogens with one attached hydrogen (secondary N) is 1. The van der Waals surface area contributed by atoms with E-state index in [4.69, 9.17) is 4.52 Å². The topological polar surface area (TPSA) is 51.0 Å². The predicted octanol–water partition coefficient (Wildman–Crippen LogP) is 3.68. The van der Waals surface area contributed by atoms with Crippen molar-refractivity contribution in [1.82, 2.24) is 10.1 Å². The number of rotatable bonds is 3. The highest BCUT2D eigenvalue weighted by molar-refractivity contribution is 5.58. The van der Waals surface area contributed by atoms with Crippen LogP contribution >= 0.6 is 0 Å². The Kier molecular flexibility index (Phi) is 2.76. The monoisotopic (exact) mass is 269 g/mol. The highest BCUT2D eigenvalue weighted by atomic mass is 16.5. The van der Waals surface area contributed by atoms with Crippen molar-refractivity contribution >= 4 is 5.69 Å². The van der Waals surface area contributed by atoms with Gasteiger partial charge in [-0.15, -0.1) is 0 Å². The van der Waals surface area contributed by atoms with E-state index < -0.39 is 0 Å². The fourth-order valence-electron chi connectivity index (χ4n) is 3.84. The van der Waals surface area contributed by atoms with E-state index in [0.717, 1.165) is 28.9 Å². The lowest BCUT2D eigenvalue weighted by Crippen LogP contribution is -2.09. The van der Waals surface area contributed by atoms with Crippen LogP contribution in [0.1, 0.15) is 37.4 Å². The number of hydrogen-bond donors (Lipinski definition) is 1. The summed E-state index contributed by atoms with van der Waals surface area (Å²) in [5.74, 6) is 3.79. The van der Waals surface area contributed by atoms with E-state index in [9.17, 15) is 0 Å². The van der Waals surface area contributed by atoms with Crippen molar-refractivity contribution in [3.05, 3.63) is 30.1 Å². The first-order chi connectivity index (χ1) is 9.83. The van der Waals surface area contributed by atoms with Crippen LogP contribution < -0.4 is 5.32 Å². The summed E-state index contributed by atoms with van der Waals surface area (Å²) < 4.78 is 5.46. The van der Waals surface area contributed by atoms with Gasteiger partial charge in [-0.3, -0.25) is 0 Å². The van der Waals surface area contributed by atoms with Gasteiger partial charge >= 0.3 is 0 Å². The lowest BCUT2D eigenvalue weighted by atomic mass is 9.88. The number of benzene rings is 1. The van der Waals surface area contributed by atoms with Crippen LogP contribution in [0.3, 0.4) is 0 Å². The van der Waals surface area contributed by atoms with Crippen LogP contribution in [0.2, 0.25) is 0 Å². The molecule has 0 aliphatic heterocycles. The van der Waals surface area contributed by atoms with Crippen LogP contribution in [0.25, 0.3) is 11.5 Å². The third-order valence-electron chi connectivity index (χ3n) is 4.93. The van der Waals surface area contributed by atoms with E-state index in [-0.39, 0.29) is 0 Å². The molecule has 1 aromatic heterocycles. The molecule has 4 nitrogen and oxygen atoms in total. The van der Waals surface area contributed by atoms with Crippen molar-refractivity contribution in [3.63, 3.8) is 0 Å². The number of fused-ring (bicyclic) bond motifs is 2. The zero-order valence-electron chi connectivity index (χ0n) is 11.7. The molecule has 0 amide bonds. The molecule has 1 heterocycles. The zero-order valence-corrected chi connectivity index (χ0v) is 11.7. The maximum Gasteiger partial charge on any atom is 0.257 e. The van der Waals surface area contributed by atoms with E-state index in [0.29, 0.717) is 11.8 Å². The Morgan fingerprint density at radius 1 is 1.15 bits per heavy atom. The minimum atomic E-state index is 0.530. The minimum Gasteiger partial charge on any atom is -0.388 e. The first kappa shape index (κ1) is 11.9. The molecule has 2 aromatic rings. The molecule has 2 bridgehead atoms. The molecular formula is C16H19N3O. The molecule has 0 spiro atoms. The van der Waals surface area contributed by atoms with Gasteiger partial charge in [0.15, 0.2) is 5.82 Å². The summed E-state index contributed by atoms with van der Waals surface area (Å²) in [6.07, 6.45) is 5.36. The van der Waals surface area contributed by atoms with Gasteiger partial charge < -0.3 is 9.84 Å². The lowest BCUT2D eigenvalue weighted by molar-refractivity contribution is 0.372. The normalized spacial score (nSPS) is 27.9. The van der Waals surface area contributed by atoms with Gasteiger partial charge in [-0.1, -0.05) is 11.6 Å². The van der Waals surface area contributed by atoms with Gasteiger partial charge in [-0.25, -0.2) is 0 Å². The first-order valence-corrected chi connectivity index (χ1v) is 7.45. The van der Waals surface area contributed by atoms with Gasteiger partial charge in [-0.2, -0.15) is 4.98 Å². The van der Waals surface area contributed by atoms with Crippen molar-refractivity contribution in [2.75, 3.05) is 12.4 Å². The molecule has 4 heteroatoms. The second-order valence-corrected chi connectivity index (χ2v) is 6.07. The van der Waals surface area contributed by atoms with Crippen molar-refractivity contribution in [3.8, 4) is 11.5 Å². The predicted molar refractivity (Wildman–Crippen MR) is 77.5 cm³/mol. The van der Waals surface area contributed by atoms with Gasteiger partial charge in [0, 0.05) is 24.2 Å². The van der Waals surface area contributed by atoms with Gasteiger partial charge in [0.2, 0.25) is 0 Å². The van der Waals surface area contributed by atoms with E-state index in [1.54, 1.807) is 0 Å². The maximum absolute atomic E-state index is 5.46. The summed E-state index contributed by atoms with van der Waals surface area (Å²) in [6.45, 7) is 0. The van der Waals surface area contributed by atoms with Gasteiger partial charge in [-0.05, 0) is 55.4 Å². The molecule has 3 unspecified atom stereocenters. The second-order valence-electron chi connectivity index (χ2n) is 6.07. The van der Waals surface area contributed by atoms with Crippen LogP contribution in [0.15, 0.2) is 28.8 Å². The molecule has 104 valence electrons. The van der Waals surface area contributed by atoms with Crippen LogP contribution in [-0.2, 0) is 0 Å². The average Bonchev–Trinajstić information content (AvgIpc) is 3.23. The van der Waals surface area contributed by atoms with Crippen molar-refractivity contribution in [2.24, 2.45) is 11.8 Å². The fourth-order valence-corrected chi connectivity index (χ4v) is 3.84. The van der Waals surface area contributed by atoms with Crippen LogP contribution in [0, 0.1) is 11.8 Å². The standard InChI is InChI=1S/C16H19N3O/c1-17-13-6-4-11(5-7-13)16-18-15(19-20-16)14-9-10-2-3-12(14)8-10/h4-7,10,12,14,17H,2-3,8-9H2,1H3. The molecule has 4 rings (SSSR count). The Morgan fingerprint density at radius 2 is 2.00 bits per heavy atom. The van der Waals surface area contributed by atoms with Gasteiger partial charge in [0.1, 0.15) is 0 Å². The Labute approximate surface area is 118 Å². The molecule has 2 saturated carbocycles. The van der Waals surface area contributed by atoms with Crippen LogP contribution in [0.4, 0.5) is 5.69 Å². The van der Waals surface area contributed by atoms with Crippen molar-refractivity contribution < 1.29 is 4.52 Å². The molecule has 2 fully saturated rings. The third-order valence-corrected chi connectivity index (χ3v) is 4.93. The Balaban J connectivity index is 1.58. The Morgan fingerprint density at radius 3 is 2.65 bits per heavy atom. The molecule has 2 aliphatic rings. The molecule has 3 atom stereocenters. The lowest BCUT2D eigenvalue weighted by Gasteiger charge is -2.17. The second kappa shape index (κ2) is 4.62. The molecule has 20 heavy (non-hydrogen) atoms. The molecule has 1 aromatic carbocycles. The van der Waals surface area contributed by atoms with E-state index in [1.165, 1.54) is 25.7 Å². The summed E-state index contributed by atoms with van der Waals surface area (Å²) in [6, 6.07) is 8.08. The smallest absolute Gasteiger partial charge is 0.257 e. The summed E-state index contributed by atoms with van der Waals surface area (Å²) in [5.41, 5.74) is 2.08. The first-order valence-electron chi connectivity index (χ1n) is 7.45. The average molecular weight is 269 g/mol. The highest BCUT2D eigenvalue weighted by Crippen LogP contribution is 2.52. The highest BCUT2D eigenvalue weighted by Gasteiger charge is 2.42. The van der Waals surface area contributed by atoms with Crippen LogP contribution in [-0.4, -0.2) is 17.2 Å². The van der Waals surface area contributed by atoms with E-state index in [2.05, 4.69) is 15.5 Å².